The molecular weight excluding hydrogens is 274 g/mol. The van der Waals surface area contributed by atoms with Gasteiger partial charge in [0.15, 0.2) is 11.6 Å². The van der Waals surface area contributed by atoms with Crippen LogP contribution in [0.5, 0.6) is 0 Å². The maximum Gasteiger partial charge on any atom is 0.251 e. The van der Waals surface area contributed by atoms with Crippen molar-refractivity contribution in [1.29, 1.82) is 0 Å². The number of anilines is 1. The summed E-state index contributed by atoms with van der Waals surface area (Å²) in [6, 6.07) is 8.96. The van der Waals surface area contributed by atoms with Crippen LogP contribution < -0.4 is 10.6 Å². The van der Waals surface area contributed by atoms with Crippen molar-refractivity contribution < 1.29 is 13.6 Å². The second-order valence-electron chi connectivity index (χ2n) is 4.71. The Labute approximate surface area is 122 Å². The number of carbonyl (C=O) groups excluding carboxylic acids is 1. The van der Waals surface area contributed by atoms with Crippen molar-refractivity contribution in [3.05, 3.63) is 64.7 Å². The zero-order valence-corrected chi connectivity index (χ0v) is 11.8. The summed E-state index contributed by atoms with van der Waals surface area (Å²) in [5, 5.41) is 5.69. The van der Waals surface area contributed by atoms with E-state index in [0.717, 1.165) is 23.4 Å². The van der Waals surface area contributed by atoms with E-state index in [1.54, 1.807) is 19.2 Å². The molecule has 0 aliphatic heterocycles. The molecule has 0 aliphatic rings. The number of nitrogens with one attached hydrogen (secondary N) is 2. The fourth-order valence-corrected chi connectivity index (χ4v) is 2.00. The van der Waals surface area contributed by atoms with Crippen molar-refractivity contribution in [2.24, 2.45) is 0 Å². The lowest BCUT2D eigenvalue weighted by Gasteiger charge is -2.09. The van der Waals surface area contributed by atoms with E-state index in [1.807, 2.05) is 13.0 Å². The fourth-order valence-electron chi connectivity index (χ4n) is 2.00. The number of hydrogen-bond donors (Lipinski definition) is 2. The van der Waals surface area contributed by atoms with Crippen LogP contribution in [-0.4, -0.2) is 13.0 Å². The van der Waals surface area contributed by atoms with Crippen LogP contribution in [0.25, 0.3) is 0 Å². The van der Waals surface area contributed by atoms with Gasteiger partial charge in [0.25, 0.3) is 5.91 Å². The summed E-state index contributed by atoms with van der Waals surface area (Å²) in [6.45, 7) is 1.98. The van der Waals surface area contributed by atoms with Crippen LogP contribution in [0.4, 0.5) is 14.5 Å². The zero-order valence-electron chi connectivity index (χ0n) is 11.8. The maximum absolute atomic E-state index is 13.1. The van der Waals surface area contributed by atoms with E-state index in [2.05, 4.69) is 10.6 Å². The second kappa shape index (κ2) is 6.35. The van der Waals surface area contributed by atoms with Crippen molar-refractivity contribution in [2.45, 2.75) is 13.5 Å². The number of amides is 1. The number of hydrogen-bond acceptors (Lipinski definition) is 2. The summed E-state index contributed by atoms with van der Waals surface area (Å²) < 4.78 is 25.9. The van der Waals surface area contributed by atoms with Crippen LogP contribution in [0.3, 0.4) is 0 Å². The van der Waals surface area contributed by atoms with Gasteiger partial charge in [-0.1, -0.05) is 6.07 Å². The van der Waals surface area contributed by atoms with Crippen LogP contribution in [0.1, 0.15) is 21.5 Å². The Balaban J connectivity index is 2.06. The van der Waals surface area contributed by atoms with Crippen LogP contribution in [0.15, 0.2) is 36.4 Å². The molecule has 110 valence electrons. The normalized spacial score (nSPS) is 10.3. The van der Waals surface area contributed by atoms with Gasteiger partial charge in [0.1, 0.15) is 0 Å². The van der Waals surface area contributed by atoms with Gasteiger partial charge < -0.3 is 10.6 Å². The van der Waals surface area contributed by atoms with Crippen LogP contribution in [0.2, 0.25) is 0 Å². The van der Waals surface area contributed by atoms with E-state index in [4.69, 9.17) is 0 Å². The molecule has 0 unspecified atom stereocenters. The number of benzene rings is 2. The maximum atomic E-state index is 13.1. The Bertz CT molecular complexity index is 671. The van der Waals surface area contributed by atoms with Gasteiger partial charge in [-0.2, -0.15) is 0 Å². The monoisotopic (exact) mass is 290 g/mol. The Morgan fingerprint density at radius 3 is 2.48 bits per heavy atom. The third-order valence-electron chi connectivity index (χ3n) is 3.20. The summed E-state index contributed by atoms with van der Waals surface area (Å²) in [7, 11) is 1.80. The van der Waals surface area contributed by atoms with E-state index in [0.29, 0.717) is 11.1 Å². The number of rotatable bonds is 4. The first-order valence-corrected chi connectivity index (χ1v) is 6.52. The van der Waals surface area contributed by atoms with Gasteiger partial charge in [-0.05, 0) is 48.4 Å². The molecule has 2 rings (SSSR count). The summed E-state index contributed by atoms with van der Waals surface area (Å²) >= 11 is 0. The van der Waals surface area contributed by atoms with Crippen molar-refractivity contribution in [2.75, 3.05) is 12.4 Å². The molecule has 0 radical (unpaired) electrons. The Morgan fingerprint density at radius 2 is 1.86 bits per heavy atom. The fraction of sp³-hybridized carbons (Fsp3) is 0.188. The highest BCUT2D eigenvalue weighted by atomic mass is 19.2. The molecule has 2 N–H and O–H groups in total. The van der Waals surface area contributed by atoms with Gasteiger partial charge in [0.2, 0.25) is 0 Å². The number of carbonyl (C=O) groups is 1. The minimum Gasteiger partial charge on any atom is -0.388 e. The van der Waals surface area contributed by atoms with Crippen LogP contribution >= 0.6 is 0 Å². The zero-order chi connectivity index (χ0) is 15.4. The first kappa shape index (κ1) is 15.0. The summed E-state index contributed by atoms with van der Waals surface area (Å²) in [4.78, 5) is 12.1. The molecule has 21 heavy (non-hydrogen) atoms. The van der Waals surface area contributed by atoms with E-state index >= 15 is 0 Å². The second-order valence-corrected chi connectivity index (χ2v) is 4.71. The lowest BCUT2D eigenvalue weighted by atomic mass is 10.1. The standard InChI is InChI=1S/C16H16F2N2O/c1-10-7-12(19-2)4-5-13(10)16(21)20-9-11-3-6-14(17)15(18)8-11/h3-8,19H,9H2,1-2H3,(H,20,21). The van der Waals surface area contributed by atoms with E-state index in [1.165, 1.54) is 6.07 Å². The number of halogens is 2. The minimum absolute atomic E-state index is 0.142. The molecule has 0 aromatic heterocycles. The van der Waals surface area contributed by atoms with Crippen molar-refractivity contribution in [3.63, 3.8) is 0 Å². The molecule has 0 saturated heterocycles. The molecule has 0 saturated carbocycles. The van der Waals surface area contributed by atoms with Gasteiger partial charge in [-0.3, -0.25) is 4.79 Å². The molecule has 2 aromatic carbocycles. The molecule has 5 heteroatoms. The SMILES string of the molecule is CNc1ccc(C(=O)NCc2ccc(F)c(F)c2)c(C)c1. The average molecular weight is 290 g/mol. The largest absolute Gasteiger partial charge is 0.388 e. The highest BCUT2D eigenvalue weighted by molar-refractivity contribution is 5.96. The molecule has 0 heterocycles. The van der Waals surface area contributed by atoms with Crippen molar-refractivity contribution in [1.82, 2.24) is 5.32 Å². The van der Waals surface area contributed by atoms with E-state index in [-0.39, 0.29) is 12.5 Å². The average Bonchev–Trinajstić information content (AvgIpc) is 2.48. The highest BCUT2D eigenvalue weighted by Crippen LogP contribution is 2.15. The minimum atomic E-state index is -0.920. The van der Waals surface area contributed by atoms with Crippen molar-refractivity contribution >= 4 is 11.6 Å². The molecule has 0 bridgehead atoms. The van der Waals surface area contributed by atoms with Gasteiger partial charge in [0.05, 0.1) is 0 Å². The molecular formula is C16H16F2N2O. The summed E-state index contributed by atoms with van der Waals surface area (Å²) in [5.41, 5.74) is 2.82. The summed E-state index contributed by atoms with van der Waals surface area (Å²) in [6.07, 6.45) is 0. The van der Waals surface area contributed by atoms with Gasteiger partial charge in [-0.25, -0.2) is 8.78 Å². The topological polar surface area (TPSA) is 41.1 Å². The van der Waals surface area contributed by atoms with Crippen molar-refractivity contribution in [3.8, 4) is 0 Å². The third kappa shape index (κ3) is 3.56. The van der Waals surface area contributed by atoms with Gasteiger partial charge in [0, 0.05) is 24.8 Å². The molecule has 0 atom stereocenters. The lowest BCUT2D eigenvalue weighted by Crippen LogP contribution is -2.23. The highest BCUT2D eigenvalue weighted by Gasteiger charge is 2.10. The molecule has 1 amide bonds. The molecule has 0 aliphatic carbocycles. The lowest BCUT2D eigenvalue weighted by molar-refractivity contribution is 0.0950. The molecule has 0 spiro atoms. The first-order chi connectivity index (χ1) is 10.0. The smallest absolute Gasteiger partial charge is 0.251 e. The predicted octanol–water partition coefficient (Wildman–Crippen LogP) is 3.24. The quantitative estimate of drug-likeness (QED) is 0.907. The Kier molecular flexibility index (Phi) is 4.52. The van der Waals surface area contributed by atoms with Gasteiger partial charge in [-0.15, -0.1) is 0 Å². The third-order valence-corrected chi connectivity index (χ3v) is 3.20. The van der Waals surface area contributed by atoms with E-state index < -0.39 is 11.6 Å². The summed E-state index contributed by atoms with van der Waals surface area (Å²) in [5.74, 6) is -2.07. The first-order valence-electron chi connectivity index (χ1n) is 6.52. The van der Waals surface area contributed by atoms with Crippen LogP contribution in [-0.2, 0) is 6.54 Å². The van der Waals surface area contributed by atoms with Gasteiger partial charge >= 0.3 is 0 Å². The Morgan fingerprint density at radius 1 is 1.10 bits per heavy atom. The van der Waals surface area contributed by atoms with Crippen LogP contribution in [0, 0.1) is 18.6 Å². The van der Waals surface area contributed by atoms with E-state index in [9.17, 15) is 13.6 Å². The predicted molar refractivity (Wildman–Crippen MR) is 78.3 cm³/mol. The molecule has 3 nitrogen and oxygen atoms in total. The Hall–Kier alpha value is -2.43. The molecule has 2 aromatic rings. The number of aryl methyl sites for hydroxylation is 1. The molecule has 0 fully saturated rings.